The number of carbonyl (C=O) groups excluding carboxylic acids is 1. The van der Waals surface area contributed by atoms with Crippen molar-refractivity contribution in [3.8, 4) is 5.75 Å². The molecule has 0 saturated carbocycles. The van der Waals surface area contributed by atoms with E-state index in [1.54, 1.807) is 0 Å². The number of ether oxygens (including phenoxy) is 1. The molecule has 19 heavy (non-hydrogen) atoms. The molecule has 106 valence electrons. The summed E-state index contributed by atoms with van der Waals surface area (Å²) < 4.78 is 5.73. The molecule has 1 rings (SSSR count). The monoisotopic (exact) mass is 264 g/mol. The zero-order valence-corrected chi connectivity index (χ0v) is 12.2. The van der Waals surface area contributed by atoms with Crippen LogP contribution in [-0.2, 0) is 4.79 Å². The molecule has 0 radical (unpaired) electrons. The zero-order valence-electron chi connectivity index (χ0n) is 12.2. The van der Waals surface area contributed by atoms with Crippen molar-refractivity contribution in [3.63, 3.8) is 0 Å². The second-order valence-electron chi connectivity index (χ2n) is 4.81. The molecule has 1 aromatic rings. The summed E-state index contributed by atoms with van der Waals surface area (Å²) in [5.74, 6) is 0.729. The van der Waals surface area contributed by atoms with E-state index in [4.69, 9.17) is 4.74 Å². The SMILES string of the molecule is CCC(C)Oc1cccc(NC(=O)C(C)CNC)c1. The van der Waals surface area contributed by atoms with E-state index in [0.29, 0.717) is 6.54 Å². The summed E-state index contributed by atoms with van der Waals surface area (Å²) in [6, 6.07) is 7.51. The van der Waals surface area contributed by atoms with Crippen molar-refractivity contribution in [1.29, 1.82) is 0 Å². The van der Waals surface area contributed by atoms with Gasteiger partial charge in [-0.05, 0) is 32.5 Å². The second-order valence-corrected chi connectivity index (χ2v) is 4.81. The van der Waals surface area contributed by atoms with Gasteiger partial charge < -0.3 is 15.4 Å². The first-order valence-corrected chi connectivity index (χ1v) is 6.79. The maximum atomic E-state index is 11.9. The Bertz CT molecular complexity index is 407. The van der Waals surface area contributed by atoms with Gasteiger partial charge in [0.25, 0.3) is 0 Å². The van der Waals surface area contributed by atoms with Crippen LogP contribution in [0.25, 0.3) is 0 Å². The van der Waals surface area contributed by atoms with Gasteiger partial charge in [-0.2, -0.15) is 0 Å². The minimum atomic E-state index is -0.0656. The van der Waals surface area contributed by atoms with Crippen LogP contribution in [0.3, 0.4) is 0 Å². The summed E-state index contributed by atoms with van der Waals surface area (Å²) in [4.78, 5) is 11.9. The fourth-order valence-electron chi connectivity index (χ4n) is 1.63. The zero-order chi connectivity index (χ0) is 14.3. The van der Waals surface area contributed by atoms with Gasteiger partial charge >= 0.3 is 0 Å². The summed E-state index contributed by atoms with van der Waals surface area (Å²) in [7, 11) is 1.84. The topological polar surface area (TPSA) is 50.4 Å². The molecule has 0 fully saturated rings. The number of rotatable bonds is 7. The molecule has 0 spiro atoms. The fourth-order valence-corrected chi connectivity index (χ4v) is 1.63. The van der Waals surface area contributed by atoms with Crippen LogP contribution in [0.4, 0.5) is 5.69 Å². The van der Waals surface area contributed by atoms with E-state index < -0.39 is 0 Å². The Balaban J connectivity index is 2.64. The Morgan fingerprint density at radius 1 is 1.37 bits per heavy atom. The summed E-state index contributed by atoms with van der Waals surface area (Å²) in [6.45, 7) is 6.66. The van der Waals surface area contributed by atoms with Gasteiger partial charge in [0, 0.05) is 24.2 Å². The van der Waals surface area contributed by atoms with Crippen LogP contribution in [-0.4, -0.2) is 25.6 Å². The Labute approximate surface area is 115 Å². The third-order valence-corrected chi connectivity index (χ3v) is 2.97. The summed E-state index contributed by atoms with van der Waals surface area (Å²) in [6.07, 6.45) is 1.13. The molecule has 2 unspecified atom stereocenters. The van der Waals surface area contributed by atoms with E-state index in [1.165, 1.54) is 0 Å². The van der Waals surface area contributed by atoms with E-state index in [0.717, 1.165) is 17.9 Å². The van der Waals surface area contributed by atoms with Gasteiger partial charge in [0.2, 0.25) is 5.91 Å². The number of anilines is 1. The van der Waals surface area contributed by atoms with Crippen molar-refractivity contribution in [1.82, 2.24) is 5.32 Å². The maximum absolute atomic E-state index is 11.9. The normalized spacial score (nSPS) is 13.7. The summed E-state index contributed by atoms with van der Waals surface area (Å²) >= 11 is 0. The summed E-state index contributed by atoms with van der Waals surface area (Å²) in [5, 5.41) is 5.89. The lowest BCUT2D eigenvalue weighted by atomic mass is 10.1. The van der Waals surface area contributed by atoms with Gasteiger partial charge in [-0.15, -0.1) is 0 Å². The Morgan fingerprint density at radius 3 is 2.74 bits per heavy atom. The molecule has 0 aliphatic carbocycles. The van der Waals surface area contributed by atoms with Crippen molar-refractivity contribution in [2.75, 3.05) is 18.9 Å². The number of benzene rings is 1. The van der Waals surface area contributed by atoms with Crippen LogP contribution < -0.4 is 15.4 Å². The molecule has 0 aromatic heterocycles. The Morgan fingerprint density at radius 2 is 2.11 bits per heavy atom. The number of hydrogen-bond donors (Lipinski definition) is 2. The highest BCUT2D eigenvalue weighted by Crippen LogP contribution is 2.19. The van der Waals surface area contributed by atoms with E-state index in [9.17, 15) is 4.79 Å². The predicted molar refractivity (Wildman–Crippen MR) is 78.5 cm³/mol. The highest BCUT2D eigenvalue weighted by atomic mass is 16.5. The molecule has 0 aliphatic heterocycles. The van der Waals surface area contributed by atoms with Gasteiger partial charge in [0.1, 0.15) is 5.75 Å². The number of nitrogens with one attached hydrogen (secondary N) is 2. The van der Waals surface area contributed by atoms with E-state index in [1.807, 2.05) is 45.2 Å². The standard InChI is InChI=1S/C15H24N2O2/c1-5-12(3)19-14-8-6-7-13(9-14)17-15(18)11(2)10-16-4/h6-9,11-12,16H,5,10H2,1-4H3,(H,17,18). The third-order valence-electron chi connectivity index (χ3n) is 2.97. The molecule has 0 bridgehead atoms. The molecule has 4 heteroatoms. The smallest absolute Gasteiger partial charge is 0.228 e. The van der Waals surface area contributed by atoms with Crippen LogP contribution in [0.1, 0.15) is 27.2 Å². The molecule has 1 aromatic carbocycles. The minimum absolute atomic E-state index is 0.00930. The van der Waals surface area contributed by atoms with Crippen molar-refractivity contribution in [2.24, 2.45) is 5.92 Å². The lowest BCUT2D eigenvalue weighted by molar-refractivity contribution is -0.119. The first-order valence-electron chi connectivity index (χ1n) is 6.79. The first kappa shape index (κ1) is 15.5. The third kappa shape index (κ3) is 5.30. The average molecular weight is 264 g/mol. The van der Waals surface area contributed by atoms with Gasteiger partial charge in [-0.25, -0.2) is 0 Å². The van der Waals surface area contributed by atoms with E-state index in [-0.39, 0.29) is 17.9 Å². The van der Waals surface area contributed by atoms with Crippen LogP contribution in [0.15, 0.2) is 24.3 Å². The van der Waals surface area contributed by atoms with Crippen LogP contribution in [0.2, 0.25) is 0 Å². The molecule has 2 atom stereocenters. The number of hydrogen-bond acceptors (Lipinski definition) is 3. The fraction of sp³-hybridized carbons (Fsp3) is 0.533. The predicted octanol–water partition coefficient (Wildman–Crippen LogP) is 2.66. The molecular weight excluding hydrogens is 240 g/mol. The van der Waals surface area contributed by atoms with Crippen molar-refractivity contribution in [2.45, 2.75) is 33.3 Å². The lowest BCUT2D eigenvalue weighted by Gasteiger charge is -2.15. The molecule has 0 aliphatic rings. The van der Waals surface area contributed by atoms with E-state index in [2.05, 4.69) is 17.6 Å². The minimum Gasteiger partial charge on any atom is -0.491 e. The largest absolute Gasteiger partial charge is 0.491 e. The van der Waals surface area contributed by atoms with E-state index >= 15 is 0 Å². The lowest BCUT2D eigenvalue weighted by Crippen LogP contribution is -2.28. The van der Waals surface area contributed by atoms with Crippen molar-refractivity contribution >= 4 is 11.6 Å². The Hall–Kier alpha value is -1.55. The molecule has 1 amide bonds. The van der Waals surface area contributed by atoms with Crippen molar-refractivity contribution < 1.29 is 9.53 Å². The first-order chi connectivity index (χ1) is 9.06. The number of amides is 1. The van der Waals surface area contributed by atoms with Crippen molar-refractivity contribution in [3.05, 3.63) is 24.3 Å². The molecule has 2 N–H and O–H groups in total. The number of carbonyl (C=O) groups is 1. The average Bonchev–Trinajstić information content (AvgIpc) is 2.39. The maximum Gasteiger partial charge on any atom is 0.228 e. The second kappa shape index (κ2) is 7.79. The van der Waals surface area contributed by atoms with Gasteiger partial charge in [-0.3, -0.25) is 4.79 Å². The van der Waals surface area contributed by atoms with Gasteiger partial charge in [0.05, 0.1) is 6.10 Å². The van der Waals surface area contributed by atoms with Crippen LogP contribution >= 0.6 is 0 Å². The molecule has 0 saturated heterocycles. The molecule has 4 nitrogen and oxygen atoms in total. The van der Waals surface area contributed by atoms with Gasteiger partial charge in [-0.1, -0.05) is 19.9 Å². The van der Waals surface area contributed by atoms with Crippen LogP contribution in [0, 0.1) is 5.92 Å². The molecular formula is C15H24N2O2. The molecule has 0 heterocycles. The summed E-state index contributed by atoms with van der Waals surface area (Å²) in [5.41, 5.74) is 0.772. The van der Waals surface area contributed by atoms with Crippen LogP contribution in [0.5, 0.6) is 5.75 Å². The quantitative estimate of drug-likeness (QED) is 0.796. The Kier molecular flexibility index (Phi) is 6.36. The highest BCUT2D eigenvalue weighted by molar-refractivity contribution is 5.92. The highest BCUT2D eigenvalue weighted by Gasteiger charge is 2.12. The van der Waals surface area contributed by atoms with Gasteiger partial charge in [0.15, 0.2) is 0 Å².